The van der Waals surface area contributed by atoms with Gasteiger partial charge in [-0.25, -0.2) is 0 Å². The Bertz CT molecular complexity index is 525. The Hall–Kier alpha value is -1.65. The van der Waals surface area contributed by atoms with Crippen molar-refractivity contribution in [2.24, 2.45) is 0 Å². The van der Waals surface area contributed by atoms with Crippen LogP contribution in [0.2, 0.25) is 0 Å². The van der Waals surface area contributed by atoms with E-state index in [1.54, 1.807) is 11.3 Å². The molecule has 1 heterocycles. The highest BCUT2D eigenvalue weighted by Gasteiger charge is 2.14. The summed E-state index contributed by atoms with van der Waals surface area (Å²) in [7, 11) is 2.05. The van der Waals surface area contributed by atoms with Crippen LogP contribution in [-0.2, 0) is 11.3 Å². The number of quaternary nitrogens is 1. The van der Waals surface area contributed by atoms with Crippen LogP contribution in [0.1, 0.15) is 24.1 Å². The Balaban J connectivity index is 1.80. The first-order valence-electron chi connectivity index (χ1n) is 6.82. The van der Waals surface area contributed by atoms with E-state index in [9.17, 15) is 4.79 Å². The van der Waals surface area contributed by atoms with Crippen molar-refractivity contribution in [3.63, 3.8) is 0 Å². The third-order valence-corrected chi connectivity index (χ3v) is 3.96. The zero-order valence-corrected chi connectivity index (χ0v) is 12.7. The second-order valence-electron chi connectivity index (χ2n) is 5.14. The van der Waals surface area contributed by atoms with Gasteiger partial charge in [-0.3, -0.25) is 4.79 Å². The second-order valence-corrected chi connectivity index (χ2v) is 5.92. The van der Waals surface area contributed by atoms with Crippen LogP contribution in [0.3, 0.4) is 0 Å². The van der Waals surface area contributed by atoms with Gasteiger partial charge in [0.05, 0.1) is 13.1 Å². The van der Waals surface area contributed by atoms with Crippen LogP contribution in [0.4, 0.5) is 0 Å². The fourth-order valence-electron chi connectivity index (χ4n) is 2.20. The lowest BCUT2D eigenvalue weighted by molar-refractivity contribution is -0.885. The number of thiophene rings is 1. The molecule has 1 aromatic heterocycles. The highest BCUT2D eigenvalue weighted by atomic mass is 32.1. The Morgan fingerprint density at radius 3 is 2.70 bits per heavy atom. The lowest BCUT2D eigenvalue weighted by Crippen LogP contribution is -3.08. The quantitative estimate of drug-likeness (QED) is 0.833. The smallest absolute Gasteiger partial charge is 0.275 e. The predicted molar refractivity (Wildman–Crippen MR) is 82.8 cm³/mol. The predicted octanol–water partition coefficient (Wildman–Crippen LogP) is 1.64. The molecule has 0 aliphatic heterocycles. The Kier molecular flexibility index (Phi) is 5.32. The molecule has 0 bridgehead atoms. The summed E-state index contributed by atoms with van der Waals surface area (Å²) < 4.78 is 0. The summed E-state index contributed by atoms with van der Waals surface area (Å²) in [6.07, 6.45) is 0. The van der Waals surface area contributed by atoms with Gasteiger partial charge in [0, 0.05) is 5.56 Å². The molecule has 2 aromatic rings. The van der Waals surface area contributed by atoms with E-state index in [4.69, 9.17) is 0 Å². The van der Waals surface area contributed by atoms with Crippen LogP contribution in [0.15, 0.2) is 47.2 Å². The monoisotopic (exact) mass is 289 g/mol. The van der Waals surface area contributed by atoms with Gasteiger partial charge < -0.3 is 10.2 Å². The molecule has 1 aromatic carbocycles. The Morgan fingerprint density at radius 2 is 2.05 bits per heavy atom. The minimum atomic E-state index is 0.0534. The van der Waals surface area contributed by atoms with Crippen molar-refractivity contribution >= 4 is 17.2 Å². The molecule has 2 rings (SSSR count). The van der Waals surface area contributed by atoms with Gasteiger partial charge in [-0.05, 0) is 29.3 Å². The van der Waals surface area contributed by atoms with Gasteiger partial charge in [-0.2, -0.15) is 11.3 Å². The van der Waals surface area contributed by atoms with Crippen molar-refractivity contribution in [1.82, 2.24) is 5.32 Å². The Labute approximate surface area is 124 Å². The summed E-state index contributed by atoms with van der Waals surface area (Å²) >= 11 is 1.69. The topological polar surface area (TPSA) is 33.5 Å². The number of benzene rings is 1. The molecule has 2 atom stereocenters. The van der Waals surface area contributed by atoms with Crippen molar-refractivity contribution in [3.05, 3.63) is 58.3 Å². The van der Waals surface area contributed by atoms with Crippen molar-refractivity contribution < 1.29 is 9.69 Å². The summed E-state index contributed by atoms with van der Waals surface area (Å²) in [6.45, 7) is 3.39. The van der Waals surface area contributed by atoms with E-state index >= 15 is 0 Å². The van der Waals surface area contributed by atoms with Crippen LogP contribution in [-0.4, -0.2) is 19.5 Å². The number of amides is 1. The zero-order chi connectivity index (χ0) is 14.4. The third kappa shape index (κ3) is 4.47. The van der Waals surface area contributed by atoms with Crippen LogP contribution < -0.4 is 10.2 Å². The van der Waals surface area contributed by atoms with Gasteiger partial charge in [0.1, 0.15) is 6.54 Å². The SMILES string of the molecule is C[C@H](NC(=O)C[NH+](C)Cc1ccsc1)c1ccccc1. The van der Waals surface area contributed by atoms with E-state index < -0.39 is 0 Å². The summed E-state index contributed by atoms with van der Waals surface area (Å²) in [6, 6.07) is 12.2. The highest BCUT2D eigenvalue weighted by Crippen LogP contribution is 2.10. The number of likely N-dealkylation sites (N-methyl/N-ethyl adjacent to an activating group) is 1. The molecular weight excluding hydrogens is 268 g/mol. The molecule has 2 N–H and O–H groups in total. The molecule has 1 unspecified atom stereocenters. The normalized spacial score (nSPS) is 13.7. The maximum Gasteiger partial charge on any atom is 0.275 e. The molecule has 4 heteroatoms. The molecule has 0 aliphatic rings. The lowest BCUT2D eigenvalue weighted by atomic mass is 10.1. The zero-order valence-electron chi connectivity index (χ0n) is 11.9. The van der Waals surface area contributed by atoms with E-state index in [0.717, 1.165) is 12.1 Å². The number of carbonyl (C=O) groups is 1. The van der Waals surface area contributed by atoms with E-state index in [0.29, 0.717) is 6.54 Å². The number of hydrogen-bond acceptors (Lipinski definition) is 2. The van der Waals surface area contributed by atoms with Crippen LogP contribution >= 0.6 is 11.3 Å². The highest BCUT2D eigenvalue weighted by molar-refractivity contribution is 7.07. The van der Waals surface area contributed by atoms with E-state index in [1.807, 2.05) is 44.3 Å². The molecule has 0 saturated heterocycles. The van der Waals surface area contributed by atoms with Gasteiger partial charge >= 0.3 is 0 Å². The summed E-state index contributed by atoms with van der Waals surface area (Å²) in [4.78, 5) is 13.2. The van der Waals surface area contributed by atoms with Crippen molar-refractivity contribution in [2.45, 2.75) is 19.5 Å². The van der Waals surface area contributed by atoms with Crippen LogP contribution in [0.25, 0.3) is 0 Å². The summed E-state index contributed by atoms with van der Waals surface area (Å²) in [5.41, 5.74) is 2.42. The molecule has 0 fully saturated rings. The Morgan fingerprint density at radius 1 is 1.30 bits per heavy atom. The minimum absolute atomic E-state index is 0.0534. The summed E-state index contributed by atoms with van der Waals surface area (Å²) in [5.74, 6) is 0.0917. The molecule has 1 amide bonds. The number of carbonyl (C=O) groups excluding carboxylic acids is 1. The first kappa shape index (κ1) is 14.8. The summed E-state index contributed by atoms with van der Waals surface area (Å²) in [5, 5.41) is 7.25. The third-order valence-electron chi connectivity index (χ3n) is 3.23. The molecule has 0 spiro atoms. The average molecular weight is 289 g/mol. The van der Waals surface area contributed by atoms with Gasteiger partial charge in [-0.1, -0.05) is 30.3 Å². The first-order valence-corrected chi connectivity index (χ1v) is 7.76. The van der Waals surface area contributed by atoms with E-state index in [-0.39, 0.29) is 11.9 Å². The van der Waals surface area contributed by atoms with Gasteiger partial charge in [0.2, 0.25) is 0 Å². The molecule has 20 heavy (non-hydrogen) atoms. The van der Waals surface area contributed by atoms with Crippen molar-refractivity contribution in [2.75, 3.05) is 13.6 Å². The molecule has 0 saturated carbocycles. The molecule has 0 aliphatic carbocycles. The van der Waals surface area contributed by atoms with E-state index in [2.05, 4.69) is 22.1 Å². The van der Waals surface area contributed by atoms with Gasteiger partial charge in [-0.15, -0.1) is 0 Å². The number of nitrogens with one attached hydrogen (secondary N) is 2. The molecule has 3 nitrogen and oxygen atoms in total. The minimum Gasteiger partial charge on any atom is -0.345 e. The van der Waals surface area contributed by atoms with E-state index in [1.165, 1.54) is 10.5 Å². The molecule has 106 valence electrons. The maximum absolute atomic E-state index is 12.0. The fraction of sp³-hybridized carbons (Fsp3) is 0.312. The number of hydrogen-bond donors (Lipinski definition) is 2. The fourth-order valence-corrected chi connectivity index (χ4v) is 2.86. The average Bonchev–Trinajstić information content (AvgIpc) is 2.92. The van der Waals surface area contributed by atoms with Crippen LogP contribution in [0.5, 0.6) is 0 Å². The molecular formula is C16H21N2OS+. The van der Waals surface area contributed by atoms with Crippen molar-refractivity contribution in [1.29, 1.82) is 0 Å². The van der Waals surface area contributed by atoms with Crippen molar-refractivity contribution in [3.8, 4) is 0 Å². The van der Waals surface area contributed by atoms with Gasteiger partial charge in [0.15, 0.2) is 6.54 Å². The second kappa shape index (κ2) is 7.22. The molecule has 0 radical (unpaired) electrons. The standard InChI is InChI=1S/C16H20N2OS/c1-13(15-6-4-3-5-7-15)17-16(19)11-18(2)10-14-8-9-20-12-14/h3-9,12-13H,10-11H2,1-2H3,(H,17,19)/p+1/t13-/m0/s1. The van der Waals surface area contributed by atoms with Gasteiger partial charge in [0.25, 0.3) is 5.91 Å². The number of rotatable bonds is 6. The first-order chi connectivity index (χ1) is 9.65. The lowest BCUT2D eigenvalue weighted by Gasteiger charge is -2.17. The largest absolute Gasteiger partial charge is 0.345 e. The van der Waals surface area contributed by atoms with Crippen LogP contribution in [0, 0.1) is 0 Å². The maximum atomic E-state index is 12.0.